The van der Waals surface area contributed by atoms with E-state index < -0.39 is 53.8 Å². The number of benzene rings is 6. The molecule has 0 bridgehead atoms. The van der Waals surface area contributed by atoms with Gasteiger partial charge in [0.25, 0.3) is 17.7 Å². The fourth-order valence-corrected chi connectivity index (χ4v) is 8.48. The summed E-state index contributed by atoms with van der Waals surface area (Å²) in [6, 6.07) is 39.4. The van der Waals surface area contributed by atoms with Crippen molar-refractivity contribution in [3.63, 3.8) is 0 Å². The molecule has 0 fully saturated rings. The van der Waals surface area contributed by atoms with Crippen molar-refractivity contribution in [3.05, 3.63) is 243 Å². The van der Waals surface area contributed by atoms with E-state index in [2.05, 4.69) is 30.9 Å². The minimum absolute atomic E-state index is 0. The number of carboxylic acids is 3. The molecule has 3 heterocycles. The van der Waals surface area contributed by atoms with E-state index in [9.17, 15) is 58.5 Å². The molecular formula is C57H42BiCl3N6O12. The zero-order valence-electron chi connectivity index (χ0n) is 40.9. The number of carbonyl (C=O) groups is 6. The molecule has 2 radical (unpaired) electrons. The Hall–Kier alpha value is -8.48. The van der Waals surface area contributed by atoms with E-state index in [-0.39, 0.29) is 78.8 Å². The maximum atomic E-state index is 12.3. The zero-order chi connectivity index (χ0) is 56.0. The number of fused-ring (bicyclic) bond motifs is 3. The Labute approximate surface area is 481 Å². The van der Waals surface area contributed by atoms with Crippen LogP contribution in [0.1, 0.15) is 47.8 Å². The Morgan fingerprint density at radius 2 is 0.608 bits per heavy atom. The van der Waals surface area contributed by atoms with Gasteiger partial charge in [0.1, 0.15) is 0 Å². The summed E-state index contributed by atoms with van der Waals surface area (Å²) in [4.78, 5) is 115. The van der Waals surface area contributed by atoms with Gasteiger partial charge in [-0.1, -0.05) is 89.4 Å². The molecule has 0 spiro atoms. The number of amides is 3. The van der Waals surface area contributed by atoms with Crippen molar-refractivity contribution in [1.82, 2.24) is 30.9 Å². The molecule has 3 aromatic heterocycles. The topological polar surface area (TPSA) is 306 Å². The van der Waals surface area contributed by atoms with Crippen LogP contribution in [0.4, 0.5) is 0 Å². The van der Waals surface area contributed by atoms with E-state index in [1.807, 2.05) is 0 Å². The first-order chi connectivity index (χ1) is 37.3. The normalized spacial score (nSPS) is 11.7. The Morgan fingerprint density at radius 1 is 0.380 bits per heavy atom. The number of aliphatic carboxylic acids is 3. The first kappa shape index (κ1) is 59.8. The largest absolute Gasteiger partial charge is 3.00 e. The number of carboxylic acid groups (broad SMARTS) is 3. The Balaban J connectivity index is 0.000000190. The van der Waals surface area contributed by atoms with Crippen LogP contribution in [0.25, 0.3) is 32.7 Å². The first-order valence-electron chi connectivity index (χ1n) is 23.5. The fourth-order valence-electron chi connectivity index (χ4n) is 8.11. The van der Waals surface area contributed by atoms with E-state index in [4.69, 9.17) is 34.8 Å². The molecule has 0 aliphatic rings. The zero-order valence-corrected chi connectivity index (χ0v) is 46.7. The van der Waals surface area contributed by atoms with Crippen LogP contribution in [-0.4, -0.2) is 94.9 Å². The van der Waals surface area contributed by atoms with Crippen molar-refractivity contribution in [2.24, 2.45) is 0 Å². The van der Waals surface area contributed by atoms with Gasteiger partial charge in [-0.15, -0.1) is 0 Å². The van der Waals surface area contributed by atoms with Crippen molar-refractivity contribution < 1.29 is 44.1 Å². The van der Waals surface area contributed by atoms with E-state index in [1.165, 1.54) is 91.0 Å². The standard InChI is InChI=1S/3C19H15ClN2O4.Bi/c3*20-13-7-5-11(6-8-13)18(24)22-16(19(25)26)9-12-10-17(23)21-15-4-2-1-3-14(12)15;/h3*1-8,10,16H,9H2,(H,21,23)(H,22,24)(H,25,26);/q;;;+3/p-3. The SMILES string of the molecule is O=C(NC(Cc1cc(=O)[nH]c2ccccc12)C(=O)[O-])c1ccc(Cl)cc1.O=C(NC(Cc1cc(=O)[nH]c2ccccc12)C(=O)[O-])c1ccc(Cl)cc1.O=C(NC(Cc1cc(=O)[nH]c2ccccc12)C(=O)[O-])c1ccc(Cl)cc1.[Bi+3]. The molecule has 79 heavy (non-hydrogen) atoms. The third-order valence-corrected chi connectivity index (χ3v) is 12.6. The van der Waals surface area contributed by atoms with Crippen LogP contribution in [0.15, 0.2) is 178 Å². The molecule has 0 saturated carbocycles. The van der Waals surface area contributed by atoms with Crippen LogP contribution in [0.3, 0.4) is 0 Å². The Morgan fingerprint density at radius 3 is 0.835 bits per heavy atom. The first-order valence-corrected chi connectivity index (χ1v) is 24.6. The van der Waals surface area contributed by atoms with Gasteiger partial charge in [0.05, 0.1) is 36.0 Å². The van der Waals surface area contributed by atoms with Crippen molar-refractivity contribution in [1.29, 1.82) is 0 Å². The smallest absolute Gasteiger partial charge is 0.548 e. The fraction of sp³-hybridized carbons (Fsp3) is 0.105. The Bertz CT molecular complexity index is 3490. The second-order valence-electron chi connectivity index (χ2n) is 17.3. The van der Waals surface area contributed by atoms with Crippen LogP contribution >= 0.6 is 34.8 Å². The molecule has 6 aromatic carbocycles. The molecule has 18 nitrogen and oxygen atoms in total. The van der Waals surface area contributed by atoms with Crippen LogP contribution in [0.2, 0.25) is 15.1 Å². The maximum absolute atomic E-state index is 12.3. The number of carbonyl (C=O) groups excluding carboxylic acids is 6. The number of hydrogen-bond donors (Lipinski definition) is 6. The number of halogens is 3. The van der Waals surface area contributed by atoms with Crippen LogP contribution in [0.5, 0.6) is 0 Å². The number of pyridine rings is 3. The van der Waals surface area contributed by atoms with E-state index in [0.717, 1.165) is 0 Å². The monoisotopic (exact) mass is 1320 g/mol. The third kappa shape index (κ3) is 16.5. The second kappa shape index (κ2) is 27.7. The summed E-state index contributed by atoms with van der Waals surface area (Å²) in [5.74, 6) is -6.00. The number of para-hydroxylation sites is 3. The van der Waals surface area contributed by atoms with Gasteiger partial charge in [-0.2, -0.15) is 0 Å². The summed E-state index contributed by atoms with van der Waals surface area (Å²) >= 11 is 17.3. The van der Waals surface area contributed by atoms with E-state index in [0.29, 0.717) is 64.5 Å². The molecule has 3 unspecified atom stereocenters. The molecule has 0 aliphatic heterocycles. The van der Waals surface area contributed by atoms with Gasteiger partial charge in [-0.3, -0.25) is 28.8 Å². The number of H-pyrrole nitrogens is 3. The minimum Gasteiger partial charge on any atom is -0.548 e. The van der Waals surface area contributed by atoms with Gasteiger partial charge in [-0.05, 0) is 127 Å². The van der Waals surface area contributed by atoms with Crippen molar-refractivity contribution in [2.45, 2.75) is 37.4 Å². The van der Waals surface area contributed by atoms with Gasteiger partial charge < -0.3 is 60.6 Å². The Kier molecular flexibility index (Phi) is 21.0. The molecule has 0 aliphatic carbocycles. The summed E-state index contributed by atoms with van der Waals surface area (Å²) in [5, 5.41) is 45.3. The van der Waals surface area contributed by atoms with E-state index >= 15 is 0 Å². The number of aromatic nitrogens is 3. The predicted octanol–water partition coefficient (Wildman–Crippen LogP) is 3.44. The molecule has 0 saturated heterocycles. The number of nitrogens with one attached hydrogen (secondary N) is 6. The molecule has 22 heteroatoms. The van der Waals surface area contributed by atoms with Crippen LogP contribution in [0, 0.1) is 0 Å². The molecule has 3 amide bonds. The number of aromatic amines is 3. The average molecular weight is 1320 g/mol. The second-order valence-corrected chi connectivity index (χ2v) is 18.6. The van der Waals surface area contributed by atoms with Gasteiger partial charge in [0.15, 0.2) is 0 Å². The van der Waals surface area contributed by atoms with Gasteiger partial charge in [0, 0.05) is 82.7 Å². The quantitative estimate of drug-likeness (QED) is 0.0805. The summed E-state index contributed by atoms with van der Waals surface area (Å²) in [5.41, 5.74) is 3.09. The summed E-state index contributed by atoms with van der Waals surface area (Å²) < 4.78 is 0. The average Bonchev–Trinajstić information content (AvgIpc) is 3.43. The molecule has 9 aromatic rings. The summed E-state index contributed by atoms with van der Waals surface area (Å²) in [6.45, 7) is 0. The summed E-state index contributed by atoms with van der Waals surface area (Å²) in [7, 11) is 0. The number of rotatable bonds is 15. The molecule has 398 valence electrons. The number of hydrogen-bond acceptors (Lipinski definition) is 12. The molecular weight excluding hydrogens is 1280 g/mol. The predicted molar refractivity (Wildman–Crippen MR) is 294 cm³/mol. The van der Waals surface area contributed by atoms with Crippen LogP contribution < -0.4 is 47.9 Å². The molecule has 3 atom stereocenters. The van der Waals surface area contributed by atoms with Crippen molar-refractivity contribution in [3.8, 4) is 0 Å². The third-order valence-electron chi connectivity index (χ3n) is 11.9. The summed E-state index contributed by atoms with van der Waals surface area (Å²) in [6.07, 6.45) is -0.232. The molecule has 6 N–H and O–H groups in total. The maximum Gasteiger partial charge on any atom is 3.00 e. The van der Waals surface area contributed by atoms with Gasteiger partial charge >= 0.3 is 26.2 Å². The molecule has 9 rings (SSSR count). The van der Waals surface area contributed by atoms with E-state index in [1.54, 1.807) is 72.8 Å². The van der Waals surface area contributed by atoms with Gasteiger partial charge in [0.2, 0.25) is 16.7 Å². The van der Waals surface area contributed by atoms with Crippen LogP contribution in [-0.2, 0) is 33.6 Å². The van der Waals surface area contributed by atoms with Crippen molar-refractivity contribution >= 4 is 129 Å². The van der Waals surface area contributed by atoms with Crippen molar-refractivity contribution in [2.75, 3.05) is 0 Å². The minimum atomic E-state index is -1.43. The van der Waals surface area contributed by atoms with Gasteiger partial charge in [-0.25, -0.2) is 0 Å².